The molecule has 0 amide bonds. The van der Waals surface area contributed by atoms with E-state index in [1.165, 1.54) is 13.2 Å². The summed E-state index contributed by atoms with van der Waals surface area (Å²) in [7, 11) is 1.47. The van der Waals surface area contributed by atoms with Crippen LogP contribution >= 0.6 is 0 Å². The Morgan fingerprint density at radius 1 is 1.50 bits per heavy atom. The van der Waals surface area contributed by atoms with E-state index in [1.54, 1.807) is 6.07 Å². The number of terminal acetylenes is 1. The van der Waals surface area contributed by atoms with E-state index in [4.69, 9.17) is 11.2 Å². The Kier molecular flexibility index (Phi) is 6.24. The number of rotatable bonds is 7. The quantitative estimate of drug-likeness (QED) is 0.591. The first-order valence-corrected chi connectivity index (χ1v) is 6.23. The first-order valence-electron chi connectivity index (χ1n) is 6.23. The van der Waals surface area contributed by atoms with Gasteiger partial charge >= 0.3 is 0 Å². The lowest BCUT2D eigenvalue weighted by Crippen LogP contribution is -2.21. The fourth-order valence-corrected chi connectivity index (χ4v) is 1.94. The zero-order valence-electron chi connectivity index (χ0n) is 11.0. The molecule has 1 aromatic carbocycles. The molecule has 0 fully saturated rings. The van der Waals surface area contributed by atoms with E-state index < -0.39 is 0 Å². The molecule has 0 aromatic heterocycles. The summed E-state index contributed by atoms with van der Waals surface area (Å²) in [5.74, 6) is 2.58. The van der Waals surface area contributed by atoms with Crippen molar-refractivity contribution in [2.24, 2.45) is 0 Å². The molecule has 18 heavy (non-hydrogen) atoms. The van der Waals surface area contributed by atoms with Crippen molar-refractivity contribution in [1.29, 1.82) is 0 Å². The van der Waals surface area contributed by atoms with E-state index in [0.717, 1.165) is 31.4 Å². The molecule has 0 aliphatic rings. The smallest absolute Gasteiger partial charge is 0.165 e. The van der Waals surface area contributed by atoms with Crippen LogP contribution in [0, 0.1) is 18.2 Å². The first kappa shape index (κ1) is 14.5. The largest absolute Gasteiger partial charge is 0.494 e. The zero-order chi connectivity index (χ0) is 13.4. The number of hydrogen-bond acceptors (Lipinski definition) is 2. The fraction of sp³-hybridized carbons (Fsp3) is 0.467. The van der Waals surface area contributed by atoms with Crippen LogP contribution < -0.4 is 10.1 Å². The number of ether oxygens (including phenoxy) is 1. The van der Waals surface area contributed by atoms with Gasteiger partial charge in [-0.25, -0.2) is 4.39 Å². The molecule has 0 aliphatic carbocycles. The Bertz CT molecular complexity index is 411. The zero-order valence-corrected chi connectivity index (χ0v) is 11.0. The standard InChI is InChI=1S/C15H20FNO/c1-4-6-7-8-14(17-5-2)12-9-10-15(18-3)13(16)11-12/h1,9-11,14,17H,5-8H2,2-3H3. The van der Waals surface area contributed by atoms with Crippen LogP contribution in [0.1, 0.15) is 37.8 Å². The van der Waals surface area contributed by atoms with Crippen molar-refractivity contribution in [1.82, 2.24) is 5.32 Å². The van der Waals surface area contributed by atoms with Gasteiger partial charge < -0.3 is 10.1 Å². The molecule has 0 saturated carbocycles. The van der Waals surface area contributed by atoms with E-state index in [-0.39, 0.29) is 17.6 Å². The first-order chi connectivity index (χ1) is 8.72. The van der Waals surface area contributed by atoms with E-state index in [2.05, 4.69) is 11.2 Å². The Labute approximate surface area is 109 Å². The van der Waals surface area contributed by atoms with Crippen molar-refractivity contribution in [3.63, 3.8) is 0 Å². The van der Waals surface area contributed by atoms with Crippen LogP contribution in [0.5, 0.6) is 5.75 Å². The second-order valence-corrected chi connectivity index (χ2v) is 4.10. The molecule has 1 unspecified atom stereocenters. The lowest BCUT2D eigenvalue weighted by atomic mass is 10.0. The predicted molar refractivity (Wildman–Crippen MR) is 72.1 cm³/mol. The Hall–Kier alpha value is -1.53. The van der Waals surface area contributed by atoms with Gasteiger partial charge in [-0.1, -0.05) is 13.0 Å². The SMILES string of the molecule is C#CCCCC(NCC)c1ccc(OC)c(F)c1. The second kappa shape index (κ2) is 7.73. The maximum absolute atomic E-state index is 13.7. The summed E-state index contributed by atoms with van der Waals surface area (Å²) in [4.78, 5) is 0. The van der Waals surface area contributed by atoms with E-state index >= 15 is 0 Å². The van der Waals surface area contributed by atoms with Gasteiger partial charge in [-0.3, -0.25) is 0 Å². The molecule has 0 heterocycles. The number of benzene rings is 1. The molecular weight excluding hydrogens is 229 g/mol. The van der Waals surface area contributed by atoms with Gasteiger partial charge in [-0.15, -0.1) is 12.3 Å². The summed E-state index contributed by atoms with van der Waals surface area (Å²) < 4.78 is 18.6. The molecule has 2 nitrogen and oxygen atoms in total. The van der Waals surface area contributed by atoms with E-state index in [1.807, 2.05) is 13.0 Å². The molecule has 98 valence electrons. The van der Waals surface area contributed by atoms with Crippen molar-refractivity contribution >= 4 is 0 Å². The van der Waals surface area contributed by atoms with Gasteiger partial charge in [0.2, 0.25) is 0 Å². The molecule has 1 atom stereocenters. The number of halogens is 1. The highest BCUT2D eigenvalue weighted by molar-refractivity contribution is 5.31. The van der Waals surface area contributed by atoms with Crippen molar-refractivity contribution in [3.8, 4) is 18.1 Å². The van der Waals surface area contributed by atoms with Crippen molar-refractivity contribution < 1.29 is 9.13 Å². The third kappa shape index (κ3) is 4.05. The van der Waals surface area contributed by atoms with Gasteiger partial charge in [-0.2, -0.15) is 0 Å². The van der Waals surface area contributed by atoms with E-state index in [9.17, 15) is 4.39 Å². The van der Waals surface area contributed by atoms with Gasteiger partial charge in [0.05, 0.1) is 7.11 Å². The molecule has 0 radical (unpaired) electrons. The minimum atomic E-state index is -0.324. The summed E-state index contributed by atoms with van der Waals surface area (Å²) in [5.41, 5.74) is 0.937. The second-order valence-electron chi connectivity index (χ2n) is 4.10. The van der Waals surface area contributed by atoms with Gasteiger partial charge in [0, 0.05) is 12.5 Å². The molecule has 1 rings (SSSR count). The highest BCUT2D eigenvalue weighted by Gasteiger charge is 2.12. The molecule has 3 heteroatoms. The van der Waals surface area contributed by atoms with Crippen LogP contribution in [0.3, 0.4) is 0 Å². The number of unbranched alkanes of at least 4 members (excludes halogenated alkanes) is 1. The minimum Gasteiger partial charge on any atom is -0.494 e. The van der Waals surface area contributed by atoms with Crippen LogP contribution in [0.2, 0.25) is 0 Å². The van der Waals surface area contributed by atoms with Crippen LogP contribution in [0.25, 0.3) is 0 Å². The Morgan fingerprint density at radius 2 is 2.28 bits per heavy atom. The summed E-state index contributed by atoms with van der Waals surface area (Å²) in [6.45, 7) is 2.88. The average molecular weight is 249 g/mol. The van der Waals surface area contributed by atoms with E-state index in [0.29, 0.717) is 0 Å². The summed E-state index contributed by atoms with van der Waals surface area (Å²) in [5, 5.41) is 3.35. The van der Waals surface area contributed by atoms with Gasteiger partial charge in [0.1, 0.15) is 0 Å². The lowest BCUT2D eigenvalue weighted by molar-refractivity contribution is 0.385. The summed E-state index contributed by atoms with van der Waals surface area (Å²) >= 11 is 0. The van der Waals surface area contributed by atoms with Crippen LogP contribution in [-0.2, 0) is 0 Å². The maximum Gasteiger partial charge on any atom is 0.165 e. The average Bonchev–Trinajstić information content (AvgIpc) is 2.38. The van der Waals surface area contributed by atoms with Gasteiger partial charge in [0.15, 0.2) is 11.6 Å². The number of hydrogen-bond donors (Lipinski definition) is 1. The van der Waals surface area contributed by atoms with Crippen molar-refractivity contribution in [2.75, 3.05) is 13.7 Å². The topological polar surface area (TPSA) is 21.3 Å². The van der Waals surface area contributed by atoms with Gasteiger partial charge in [0.25, 0.3) is 0 Å². The Morgan fingerprint density at radius 3 is 2.83 bits per heavy atom. The monoisotopic (exact) mass is 249 g/mol. The number of nitrogens with one attached hydrogen (secondary N) is 1. The summed E-state index contributed by atoms with van der Waals surface area (Å²) in [6.07, 6.45) is 7.83. The lowest BCUT2D eigenvalue weighted by Gasteiger charge is -2.18. The maximum atomic E-state index is 13.7. The molecule has 0 spiro atoms. The minimum absolute atomic E-state index is 0.142. The molecule has 0 saturated heterocycles. The number of methoxy groups -OCH3 is 1. The third-order valence-electron chi connectivity index (χ3n) is 2.84. The normalized spacial score (nSPS) is 11.9. The van der Waals surface area contributed by atoms with Crippen molar-refractivity contribution in [3.05, 3.63) is 29.6 Å². The fourth-order valence-electron chi connectivity index (χ4n) is 1.94. The van der Waals surface area contributed by atoms with Crippen molar-refractivity contribution in [2.45, 2.75) is 32.2 Å². The van der Waals surface area contributed by atoms with Crippen LogP contribution in [-0.4, -0.2) is 13.7 Å². The molecule has 0 aliphatic heterocycles. The Balaban J connectivity index is 2.78. The van der Waals surface area contributed by atoms with Crippen LogP contribution in [0.4, 0.5) is 4.39 Å². The highest BCUT2D eigenvalue weighted by Crippen LogP contribution is 2.24. The molecule has 1 aromatic rings. The molecule has 1 N–H and O–H groups in total. The van der Waals surface area contributed by atoms with Gasteiger partial charge in [-0.05, 0) is 37.1 Å². The third-order valence-corrected chi connectivity index (χ3v) is 2.84. The highest BCUT2D eigenvalue weighted by atomic mass is 19.1. The predicted octanol–water partition coefficient (Wildman–Crippen LogP) is 3.29. The van der Waals surface area contributed by atoms with Crippen LogP contribution in [0.15, 0.2) is 18.2 Å². The molecular formula is C15H20FNO. The molecule has 0 bridgehead atoms. The summed E-state index contributed by atoms with van der Waals surface area (Å²) in [6, 6.07) is 5.23.